The van der Waals surface area contributed by atoms with Crippen LogP contribution in [0.1, 0.15) is 22.8 Å². The Morgan fingerprint density at radius 1 is 1.08 bits per heavy atom. The number of hydrogen-bond donors (Lipinski definition) is 0. The van der Waals surface area contributed by atoms with Crippen molar-refractivity contribution in [3.63, 3.8) is 0 Å². The SMILES string of the molecule is CC1=NN(C(=O)c2ccncc2)C(=O)[C@@H]1N=Nc1ccc(C)cc1. The molecule has 1 aliphatic heterocycles. The van der Waals surface area contributed by atoms with Crippen molar-refractivity contribution in [2.24, 2.45) is 15.3 Å². The third-order valence-corrected chi connectivity index (χ3v) is 3.54. The minimum atomic E-state index is -0.878. The molecular formula is C17H15N5O2. The molecule has 0 N–H and O–H groups in total. The highest BCUT2D eigenvalue weighted by atomic mass is 16.2. The van der Waals surface area contributed by atoms with Crippen molar-refractivity contribution < 1.29 is 9.59 Å². The summed E-state index contributed by atoms with van der Waals surface area (Å²) < 4.78 is 0. The Bertz CT molecular complexity index is 828. The average Bonchev–Trinajstić information content (AvgIpc) is 2.89. The maximum absolute atomic E-state index is 12.4. The minimum Gasteiger partial charge on any atom is -0.269 e. The van der Waals surface area contributed by atoms with Gasteiger partial charge in [0.25, 0.3) is 11.8 Å². The molecule has 7 nitrogen and oxygen atoms in total. The van der Waals surface area contributed by atoms with Crippen LogP contribution in [-0.2, 0) is 4.79 Å². The number of imide groups is 1. The average molecular weight is 321 g/mol. The number of hydrazone groups is 1. The number of amides is 2. The monoisotopic (exact) mass is 321 g/mol. The van der Waals surface area contributed by atoms with E-state index in [0.717, 1.165) is 10.6 Å². The molecule has 3 rings (SSSR count). The van der Waals surface area contributed by atoms with E-state index in [1.54, 1.807) is 6.92 Å². The Morgan fingerprint density at radius 2 is 1.75 bits per heavy atom. The van der Waals surface area contributed by atoms with Crippen LogP contribution in [0.15, 0.2) is 64.1 Å². The molecule has 120 valence electrons. The summed E-state index contributed by atoms with van der Waals surface area (Å²) in [4.78, 5) is 28.6. The van der Waals surface area contributed by atoms with Crippen LogP contribution in [0.3, 0.4) is 0 Å². The van der Waals surface area contributed by atoms with Crippen molar-refractivity contribution in [2.75, 3.05) is 0 Å². The molecule has 1 aliphatic rings. The number of carbonyl (C=O) groups excluding carboxylic acids is 2. The number of carbonyl (C=O) groups is 2. The van der Waals surface area contributed by atoms with Gasteiger partial charge in [-0.2, -0.15) is 20.3 Å². The van der Waals surface area contributed by atoms with Crippen molar-refractivity contribution in [3.8, 4) is 0 Å². The van der Waals surface area contributed by atoms with Gasteiger partial charge in [-0.3, -0.25) is 14.6 Å². The highest BCUT2D eigenvalue weighted by Gasteiger charge is 2.38. The lowest BCUT2D eigenvalue weighted by molar-refractivity contribution is -0.127. The summed E-state index contributed by atoms with van der Waals surface area (Å²) in [6, 6.07) is 9.62. The molecule has 0 spiro atoms. The molecule has 1 aromatic heterocycles. The van der Waals surface area contributed by atoms with Crippen LogP contribution >= 0.6 is 0 Å². The molecule has 2 aromatic rings. The Hall–Kier alpha value is -3.22. The molecule has 0 unspecified atom stereocenters. The lowest BCUT2D eigenvalue weighted by Crippen LogP contribution is -2.34. The Kier molecular flexibility index (Phi) is 4.24. The van der Waals surface area contributed by atoms with Crippen molar-refractivity contribution in [1.29, 1.82) is 0 Å². The van der Waals surface area contributed by atoms with Crippen LogP contribution in [0.2, 0.25) is 0 Å². The van der Waals surface area contributed by atoms with E-state index in [1.165, 1.54) is 24.5 Å². The van der Waals surface area contributed by atoms with Gasteiger partial charge < -0.3 is 0 Å². The second-order valence-electron chi connectivity index (χ2n) is 5.39. The van der Waals surface area contributed by atoms with Crippen LogP contribution in [0, 0.1) is 6.92 Å². The first-order valence-electron chi connectivity index (χ1n) is 7.37. The van der Waals surface area contributed by atoms with Crippen LogP contribution in [0.4, 0.5) is 5.69 Å². The number of benzene rings is 1. The van der Waals surface area contributed by atoms with E-state index in [1.807, 2.05) is 31.2 Å². The molecule has 0 bridgehead atoms. The van der Waals surface area contributed by atoms with Crippen LogP contribution < -0.4 is 0 Å². The number of hydrogen-bond acceptors (Lipinski definition) is 6. The first-order valence-corrected chi connectivity index (χ1v) is 7.37. The maximum atomic E-state index is 12.4. The molecule has 24 heavy (non-hydrogen) atoms. The Balaban J connectivity index is 1.78. The topological polar surface area (TPSA) is 87.4 Å². The second kappa shape index (κ2) is 6.49. The first kappa shape index (κ1) is 15.7. The molecule has 0 radical (unpaired) electrons. The smallest absolute Gasteiger partial charge is 0.269 e. The third kappa shape index (κ3) is 3.10. The van der Waals surface area contributed by atoms with Crippen molar-refractivity contribution in [3.05, 3.63) is 59.9 Å². The molecule has 7 heteroatoms. The maximum Gasteiger partial charge on any atom is 0.282 e. The first-order chi connectivity index (χ1) is 11.6. The zero-order valence-electron chi connectivity index (χ0n) is 13.2. The zero-order valence-corrected chi connectivity index (χ0v) is 13.2. The van der Waals surface area contributed by atoms with Crippen molar-refractivity contribution in [2.45, 2.75) is 19.9 Å². The molecule has 0 fully saturated rings. The highest BCUT2D eigenvalue weighted by Crippen LogP contribution is 2.19. The standard InChI is InChI=1S/C17H15N5O2/c1-11-3-5-14(6-4-11)19-20-15-12(2)21-22(17(15)24)16(23)13-7-9-18-10-8-13/h3-10,15H,1-2H3/t15-/m1/s1. The Morgan fingerprint density at radius 3 is 2.42 bits per heavy atom. The summed E-state index contributed by atoms with van der Waals surface area (Å²) >= 11 is 0. The zero-order chi connectivity index (χ0) is 17.1. The van der Waals surface area contributed by atoms with Crippen LogP contribution in [0.5, 0.6) is 0 Å². The number of rotatable bonds is 3. The molecule has 0 saturated carbocycles. The molecule has 0 saturated heterocycles. The summed E-state index contributed by atoms with van der Waals surface area (Å²) in [5.41, 5.74) is 2.52. The number of aromatic nitrogens is 1. The van der Waals surface area contributed by atoms with Gasteiger partial charge in [-0.15, -0.1) is 0 Å². The number of azo groups is 1. The highest BCUT2D eigenvalue weighted by molar-refractivity contribution is 6.18. The van der Waals surface area contributed by atoms with E-state index in [2.05, 4.69) is 20.3 Å². The van der Waals surface area contributed by atoms with E-state index in [4.69, 9.17) is 0 Å². The summed E-state index contributed by atoms with van der Waals surface area (Å²) in [6.45, 7) is 3.62. The molecule has 2 amide bonds. The molecule has 1 aromatic carbocycles. The lowest BCUT2D eigenvalue weighted by Gasteiger charge is -2.10. The summed E-state index contributed by atoms with van der Waals surface area (Å²) in [5.74, 6) is -1.01. The second-order valence-corrected chi connectivity index (χ2v) is 5.39. The van der Waals surface area contributed by atoms with Crippen LogP contribution in [-0.4, -0.2) is 33.6 Å². The van der Waals surface area contributed by atoms with Crippen molar-refractivity contribution >= 4 is 23.2 Å². The van der Waals surface area contributed by atoms with Crippen LogP contribution in [0.25, 0.3) is 0 Å². The van der Waals surface area contributed by atoms with Gasteiger partial charge in [0.1, 0.15) is 0 Å². The van der Waals surface area contributed by atoms with Gasteiger partial charge in [0, 0.05) is 18.0 Å². The van der Waals surface area contributed by atoms with Crippen molar-refractivity contribution in [1.82, 2.24) is 9.99 Å². The van der Waals surface area contributed by atoms with E-state index in [-0.39, 0.29) is 0 Å². The van der Waals surface area contributed by atoms with Gasteiger partial charge >= 0.3 is 0 Å². The quantitative estimate of drug-likeness (QED) is 0.643. The van der Waals surface area contributed by atoms with E-state index >= 15 is 0 Å². The summed E-state index contributed by atoms with van der Waals surface area (Å²) in [7, 11) is 0. The fraction of sp³-hybridized carbons (Fsp3) is 0.176. The fourth-order valence-electron chi connectivity index (χ4n) is 2.19. The number of pyridine rings is 1. The summed E-state index contributed by atoms with van der Waals surface area (Å²) in [5, 5.41) is 13.0. The van der Waals surface area contributed by atoms with Gasteiger partial charge in [0.2, 0.25) is 0 Å². The van der Waals surface area contributed by atoms with Gasteiger partial charge in [-0.05, 0) is 38.1 Å². The molecule has 0 aliphatic carbocycles. The third-order valence-electron chi connectivity index (χ3n) is 3.54. The normalized spacial score (nSPS) is 17.4. The predicted molar refractivity (Wildman–Crippen MR) is 88.0 cm³/mol. The predicted octanol–water partition coefficient (Wildman–Crippen LogP) is 2.90. The fourth-order valence-corrected chi connectivity index (χ4v) is 2.19. The van der Waals surface area contributed by atoms with Gasteiger partial charge in [-0.1, -0.05) is 17.7 Å². The van der Waals surface area contributed by atoms with Gasteiger partial charge in [0.05, 0.1) is 11.4 Å². The Labute approximate surface area is 138 Å². The minimum absolute atomic E-state index is 0.339. The largest absolute Gasteiger partial charge is 0.282 e. The van der Waals surface area contributed by atoms with E-state index in [9.17, 15) is 9.59 Å². The number of nitrogens with zero attached hydrogens (tertiary/aromatic N) is 5. The van der Waals surface area contributed by atoms with Gasteiger partial charge in [0.15, 0.2) is 6.04 Å². The summed E-state index contributed by atoms with van der Waals surface area (Å²) in [6.07, 6.45) is 2.97. The molecule has 1 atom stereocenters. The van der Waals surface area contributed by atoms with E-state index < -0.39 is 17.9 Å². The molecular weight excluding hydrogens is 306 g/mol. The van der Waals surface area contributed by atoms with Gasteiger partial charge in [-0.25, -0.2) is 0 Å². The lowest BCUT2D eigenvalue weighted by atomic mass is 10.2. The van der Waals surface area contributed by atoms with E-state index in [0.29, 0.717) is 17.0 Å². The number of aryl methyl sites for hydroxylation is 1. The molecule has 2 heterocycles.